The molecule has 10 heteroatoms. The molecule has 0 unspecified atom stereocenters. The molecule has 2 amide bonds. The van der Waals surface area contributed by atoms with Crippen molar-refractivity contribution in [3.8, 4) is 5.75 Å². The average molecular weight is 694 g/mol. The predicted octanol–water partition coefficient (Wildman–Crippen LogP) is 7.77. The number of rotatable bonds is 15. The lowest BCUT2D eigenvalue weighted by atomic mass is 9.92. The molecule has 1 N–H and O–H groups in total. The number of carbonyl (C=O) groups is 4. The van der Waals surface area contributed by atoms with Crippen LogP contribution >= 0.6 is 0 Å². The Balaban J connectivity index is 1.35. The van der Waals surface area contributed by atoms with Crippen LogP contribution < -0.4 is 15.0 Å². The first kappa shape index (κ1) is 36.9. The Morgan fingerprint density at radius 2 is 1.55 bits per heavy atom. The van der Waals surface area contributed by atoms with E-state index in [-0.39, 0.29) is 30.9 Å². The van der Waals surface area contributed by atoms with Crippen LogP contribution in [-0.2, 0) is 27.4 Å². The number of amides is 2. The van der Waals surface area contributed by atoms with Gasteiger partial charge in [0.2, 0.25) is 0 Å². The third-order valence-electron chi connectivity index (χ3n) is 8.35. The fourth-order valence-corrected chi connectivity index (χ4v) is 6.08. The lowest BCUT2D eigenvalue weighted by Gasteiger charge is -2.28. The zero-order chi connectivity index (χ0) is 36.7. The smallest absolute Gasteiger partial charge is 0.338 e. The van der Waals surface area contributed by atoms with E-state index >= 15 is 0 Å². The standard InChI is InChI=1S/C41H47N3O7/c1-7-21-43(26-36(45)49-9-3)34-20-15-28(23-35(34)50-22-8-2)24-42-33-19-18-32-37-30(33)11-10-12-31(37)38(46)44(39(32)47)25-27-13-16-29(17-14-27)40(48)51-41(4,5)6/h10-20,23,42H,7-9,21-22,24-26H2,1-6H3. The molecule has 1 heterocycles. The molecule has 268 valence electrons. The number of nitrogens with one attached hydrogen (secondary N) is 1. The van der Waals surface area contributed by atoms with Crippen LogP contribution in [0.3, 0.4) is 0 Å². The van der Waals surface area contributed by atoms with Crippen LogP contribution in [0, 0.1) is 0 Å². The molecule has 0 aromatic heterocycles. The minimum Gasteiger partial charge on any atom is -0.491 e. The van der Waals surface area contributed by atoms with E-state index in [0.717, 1.165) is 35.2 Å². The molecule has 0 radical (unpaired) electrons. The minimum absolute atomic E-state index is 0.0655. The van der Waals surface area contributed by atoms with Crippen molar-refractivity contribution in [1.29, 1.82) is 0 Å². The van der Waals surface area contributed by atoms with Crippen molar-refractivity contribution in [2.45, 2.75) is 73.1 Å². The zero-order valence-electron chi connectivity index (χ0n) is 30.3. The van der Waals surface area contributed by atoms with Crippen molar-refractivity contribution < 1.29 is 33.4 Å². The predicted molar refractivity (Wildman–Crippen MR) is 198 cm³/mol. The number of nitrogens with zero attached hydrogens (tertiary/aromatic N) is 2. The van der Waals surface area contributed by atoms with E-state index in [1.54, 1.807) is 64.1 Å². The molecule has 0 bridgehead atoms. The van der Waals surface area contributed by atoms with E-state index in [4.69, 9.17) is 14.2 Å². The molecular formula is C41H47N3O7. The topological polar surface area (TPSA) is 114 Å². The molecule has 0 fully saturated rings. The quantitative estimate of drug-likeness (QED) is 0.0985. The van der Waals surface area contributed by atoms with Gasteiger partial charge < -0.3 is 24.4 Å². The van der Waals surface area contributed by atoms with Gasteiger partial charge in [-0.2, -0.15) is 0 Å². The van der Waals surface area contributed by atoms with Crippen LogP contribution in [0.15, 0.2) is 72.8 Å². The Morgan fingerprint density at radius 3 is 2.22 bits per heavy atom. The summed E-state index contributed by atoms with van der Waals surface area (Å²) < 4.78 is 16.8. The fourth-order valence-electron chi connectivity index (χ4n) is 6.08. The first-order valence-electron chi connectivity index (χ1n) is 17.6. The van der Waals surface area contributed by atoms with E-state index in [1.165, 1.54) is 4.90 Å². The first-order valence-corrected chi connectivity index (χ1v) is 17.6. The Hall–Kier alpha value is -5.38. The average Bonchev–Trinajstić information content (AvgIpc) is 3.10. The maximum atomic E-state index is 13.8. The van der Waals surface area contributed by atoms with Gasteiger partial charge in [0.05, 0.1) is 31.0 Å². The van der Waals surface area contributed by atoms with E-state index in [0.29, 0.717) is 59.7 Å². The Labute approximate surface area is 299 Å². The van der Waals surface area contributed by atoms with Crippen molar-refractivity contribution in [2.75, 3.05) is 36.5 Å². The van der Waals surface area contributed by atoms with Gasteiger partial charge in [0.25, 0.3) is 11.8 Å². The summed E-state index contributed by atoms with van der Waals surface area (Å²) in [4.78, 5) is 55.6. The van der Waals surface area contributed by atoms with Gasteiger partial charge in [0, 0.05) is 40.7 Å². The molecule has 4 aromatic rings. The van der Waals surface area contributed by atoms with Gasteiger partial charge in [-0.1, -0.05) is 44.2 Å². The van der Waals surface area contributed by atoms with Gasteiger partial charge in [0.1, 0.15) is 17.9 Å². The summed E-state index contributed by atoms with van der Waals surface area (Å²) in [5.41, 5.74) is 3.99. The second-order valence-electron chi connectivity index (χ2n) is 13.5. The highest BCUT2D eigenvalue weighted by Crippen LogP contribution is 2.36. The second kappa shape index (κ2) is 16.1. The van der Waals surface area contributed by atoms with Crippen LogP contribution in [0.25, 0.3) is 10.8 Å². The number of benzene rings is 4. The number of anilines is 2. The molecular weight excluding hydrogens is 646 g/mol. The summed E-state index contributed by atoms with van der Waals surface area (Å²) in [7, 11) is 0. The third-order valence-corrected chi connectivity index (χ3v) is 8.35. The number of carbonyl (C=O) groups excluding carboxylic acids is 4. The van der Waals surface area contributed by atoms with Gasteiger partial charge in [-0.05, 0) is 94.1 Å². The summed E-state index contributed by atoms with van der Waals surface area (Å²) in [6.07, 6.45) is 1.69. The molecule has 0 aliphatic carbocycles. The van der Waals surface area contributed by atoms with E-state index in [9.17, 15) is 19.2 Å². The van der Waals surface area contributed by atoms with Gasteiger partial charge in [0.15, 0.2) is 0 Å². The molecule has 51 heavy (non-hydrogen) atoms. The highest BCUT2D eigenvalue weighted by atomic mass is 16.6. The zero-order valence-corrected chi connectivity index (χ0v) is 30.3. The molecule has 0 atom stereocenters. The molecule has 5 rings (SSSR count). The monoisotopic (exact) mass is 693 g/mol. The van der Waals surface area contributed by atoms with Gasteiger partial charge >= 0.3 is 11.9 Å². The molecule has 1 aliphatic rings. The van der Waals surface area contributed by atoms with E-state index in [2.05, 4.69) is 12.2 Å². The minimum atomic E-state index is -0.617. The number of esters is 2. The fraction of sp³-hybridized carbons (Fsp3) is 0.366. The van der Waals surface area contributed by atoms with Crippen molar-refractivity contribution in [3.63, 3.8) is 0 Å². The highest BCUT2D eigenvalue weighted by molar-refractivity contribution is 6.26. The maximum absolute atomic E-state index is 13.8. The number of hydrogen-bond acceptors (Lipinski definition) is 9. The Bertz CT molecular complexity index is 1890. The number of ether oxygens (including phenoxy) is 3. The van der Waals surface area contributed by atoms with E-state index < -0.39 is 11.6 Å². The third kappa shape index (κ3) is 8.68. The van der Waals surface area contributed by atoms with Crippen LogP contribution in [0.5, 0.6) is 5.75 Å². The van der Waals surface area contributed by atoms with Gasteiger partial charge in [-0.15, -0.1) is 0 Å². The molecule has 0 saturated carbocycles. The normalized spacial score (nSPS) is 12.5. The Morgan fingerprint density at radius 1 is 0.843 bits per heavy atom. The highest BCUT2D eigenvalue weighted by Gasteiger charge is 2.33. The summed E-state index contributed by atoms with van der Waals surface area (Å²) >= 11 is 0. The van der Waals surface area contributed by atoms with Crippen molar-refractivity contribution in [2.24, 2.45) is 0 Å². The van der Waals surface area contributed by atoms with Crippen LogP contribution in [0.2, 0.25) is 0 Å². The molecule has 4 aromatic carbocycles. The molecule has 0 spiro atoms. The largest absolute Gasteiger partial charge is 0.491 e. The van der Waals surface area contributed by atoms with E-state index in [1.807, 2.05) is 48.2 Å². The van der Waals surface area contributed by atoms with Crippen LogP contribution in [0.1, 0.15) is 96.6 Å². The lowest BCUT2D eigenvalue weighted by Crippen LogP contribution is -2.39. The maximum Gasteiger partial charge on any atom is 0.338 e. The van der Waals surface area contributed by atoms with Crippen LogP contribution in [-0.4, -0.2) is 60.6 Å². The SMILES string of the molecule is CCCOc1cc(CNc2ccc3c4c(cccc24)C(=O)N(Cc2ccc(C(=O)OC(C)(C)C)cc2)C3=O)ccc1N(CCC)CC(=O)OCC. The van der Waals surface area contributed by atoms with Crippen molar-refractivity contribution in [1.82, 2.24) is 4.90 Å². The molecule has 0 saturated heterocycles. The molecule has 10 nitrogen and oxygen atoms in total. The van der Waals surface area contributed by atoms with Gasteiger partial charge in [-0.3, -0.25) is 19.3 Å². The van der Waals surface area contributed by atoms with Crippen molar-refractivity contribution >= 4 is 45.9 Å². The van der Waals surface area contributed by atoms with Gasteiger partial charge in [-0.25, -0.2) is 4.79 Å². The molecule has 1 aliphatic heterocycles. The lowest BCUT2D eigenvalue weighted by molar-refractivity contribution is -0.141. The Kier molecular flexibility index (Phi) is 11.6. The second-order valence-corrected chi connectivity index (χ2v) is 13.5. The summed E-state index contributed by atoms with van der Waals surface area (Å²) in [6, 6.07) is 21.8. The van der Waals surface area contributed by atoms with Crippen LogP contribution in [0.4, 0.5) is 11.4 Å². The number of hydrogen-bond donors (Lipinski definition) is 1. The summed E-state index contributed by atoms with van der Waals surface area (Å²) in [5.74, 6) is -0.772. The summed E-state index contributed by atoms with van der Waals surface area (Å²) in [5, 5.41) is 4.89. The first-order chi connectivity index (χ1) is 24.4. The number of imide groups is 1. The summed E-state index contributed by atoms with van der Waals surface area (Å²) in [6.45, 7) is 13.5. The van der Waals surface area contributed by atoms with Crippen molar-refractivity contribution in [3.05, 3.63) is 101 Å².